The number of carbonyl (C=O) groups is 2. The van der Waals surface area contributed by atoms with Gasteiger partial charge in [0.15, 0.2) is 0 Å². The quantitative estimate of drug-likeness (QED) is 0.750. The number of nitrogens with zero attached hydrogens (tertiary/aromatic N) is 6. The van der Waals surface area contributed by atoms with Gasteiger partial charge in [-0.2, -0.15) is 5.10 Å². The predicted octanol–water partition coefficient (Wildman–Crippen LogP) is 1.72. The summed E-state index contributed by atoms with van der Waals surface area (Å²) in [7, 11) is 5.47. The molecule has 0 saturated carbocycles. The zero-order valence-corrected chi connectivity index (χ0v) is 18.6. The highest BCUT2D eigenvalue weighted by Gasteiger charge is 2.35. The van der Waals surface area contributed by atoms with Gasteiger partial charge in [-0.25, -0.2) is 4.79 Å². The zero-order chi connectivity index (χ0) is 21.1. The van der Waals surface area contributed by atoms with Crippen LogP contribution in [0.3, 0.4) is 0 Å². The van der Waals surface area contributed by atoms with Gasteiger partial charge < -0.3 is 19.6 Å². The van der Waals surface area contributed by atoms with Gasteiger partial charge in [0.25, 0.3) is 5.91 Å². The molecule has 2 saturated heterocycles. The molecule has 0 radical (unpaired) electrons. The van der Waals surface area contributed by atoms with E-state index in [1.54, 1.807) is 23.7 Å². The summed E-state index contributed by atoms with van der Waals surface area (Å²) >= 11 is 0. The van der Waals surface area contributed by atoms with Crippen molar-refractivity contribution in [3.05, 3.63) is 17.0 Å². The number of aromatic nitrogens is 2. The van der Waals surface area contributed by atoms with E-state index in [-0.39, 0.29) is 18.0 Å². The van der Waals surface area contributed by atoms with E-state index in [0.29, 0.717) is 25.2 Å². The van der Waals surface area contributed by atoms with E-state index in [9.17, 15) is 9.59 Å². The molecule has 1 aromatic heterocycles. The largest absolute Gasteiger partial charge is 0.336 e. The molecule has 1 aromatic rings. The molecule has 1 unspecified atom stereocenters. The van der Waals surface area contributed by atoms with Crippen molar-refractivity contribution in [2.75, 3.05) is 53.4 Å². The second-order valence-electron chi connectivity index (χ2n) is 8.64. The van der Waals surface area contributed by atoms with Crippen LogP contribution in [0.1, 0.15) is 47.4 Å². The minimum atomic E-state index is 0.0314. The topological polar surface area (TPSA) is 64.9 Å². The second-order valence-corrected chi connectivity index (χ2v) is 8.64. The van der Waals surface area contributed by atoms with Crippen molar-refractivity contribution >= 4 is 11.9 Å². The van der Waals surface area contributed by atoms with Crippen molar-refractivity contribution in [1.82, 2.24) is 29.4 Å². The molecule has 162 valence electrons. The lowest BCUT2D eigenvalue weighted by Crippen LogP contribution is -2.50. The molecule has 8 nitrogen and oxygen atoms in total. The summed E-state index contributed by atoms with van der Waals surface area (Å²) in [5.41, 5.74) is 2.36. The van der Waals surface area contributed by atoms with E-state index in [0.717, 1.165) is 37.4 Å². The van der Waals surface area contributed by atoms with Crippen molar-refractivity contribution in [2.45, 2.75) is 45.6 Å². The van der Waals surface area contributed by atoms with Crippen LogP contribution >= 0.6 is 0 Å². The predicted molar refractivity (Wildman–Crippen MR) is 113 cm³/mol. The lowest BCUT2D eigenvalue weighted by atomic mass is 10.1. The Balaban J connectivity index is 1.67. The van der Waals surface area contributed by atoms with Crippen LogP contribution in [0.2, 0.25) is 0 Å². The van der Waals surface area contributed by atoms with Crippen molar-refractivity contribution < 1.29 is 9.59 Å². The average Bonchev–Trinajstić information content (AvgIpc) is 3.27. The maximum absolute atomic E-state index is 13.1. The SMILES string of the molecule is Cc1nn(C)c(C)c1C(=O)N1CCC(N(CCN2CCCCC2)C(=O)N(C)C)C1. The average molecular weight is 405 g/mol. The van der Waals surface area contributed by atoms with Crippen LogP contribution in [0.5, 0.6) is 0 Å². The van der Waals surface area contributed by atoms with Crippen molar-refractivity contribution in [3.63, 3.8) is 0 Å². The number of aryl methyl sites for hydroxylation is 2. The third kappa shape index (κ3) is 4.74. The molecule has 29 heavy (non-hydrogen) atoms. The maximum atomic E-state index is 13.1. The van der Waals surface area contributed by atoms with Gasteiger partial charge in [-0.3, -0.25) is 9.48 Å². The zero-order valence-electron chi connectivity index (χ0n) is 18.6. The van der Waals surface area contributed by atoms with Gasteiger partial charge >= 0.3 is 6.03 Å². The first-order valence-electron chi connectivity index (χ1n) is 10.8. The lowest BCUT2D eigenvalue weighted by Gasteiger charge is -2.34. The summed E-state index contributed by atoms with van der Waals surface area (Å²) in [5.74, 6) is 0.0314. The number of likely N-dealkylation sites (tertiary alicyclic amines) is 2. The molecule has 0 N–H and O–H groups in total. The number of urea groups is 1. The lowest BCUT2D eigenvalue weighted by molar-refractivity contribution is 0.0772. The molecule has 2 aliphatic rings. The van der Waals surface area contributed by atoms with Gasteiger partial charge in [-0.05, 0) is 46.2 Å². The molecular formula is C21H36N6O2. The Bertz CT molecular complexity index is 738. The van der Waals surface area contributed by atoms with Gasteiger partial charge in [0, 0.05) is 53.0 Å². The van der Waals surface area contributed by atoms with Crippen molar-refractivity contribution in [1.29, 1.82) is 0 Å². The molecule has 0 bridgehead atoms. The molecule has 1 atom stereocenters. The minimum absolute atomic E-state index is 0.0314. The van der Waals surface area contributed by atoms with Crippen LogP contribution in [-0.2, 0) is 7.05 Å². The summed E-state index contributed by atoms with van der Waals surface area (Å²) < 4.78 is 1.76. The Hall–Kier alpha value is -2.09. The summed E-state index contributed by atoms with van der Waals surface area (Å²) in [6.07, 6.45) is 4.63. The highest BCUT2D eigenvalue weighted by molar-refractivity contribution is 5.96. The number of rotatable bonds is 5. The van der Waals surface area contributed by atoms with Gasteiger partial charge in [-0.1, -0.05) is 6.42 Å². The van der Waals surface area contributed by atoms with Crippen LogP contribution < -0.4 is 0 Å². The first kappa shape index (κ1) is 21.6. The van der Waals surface area contributed by atoms with Crippen LogP contribution in [0.15, 0.2) is 0 Å². The van der Waals surface area contributed by atoms with Crippen LogP contribution in [0.4, 0.5) is 4.79 Å². The Morgan fingerprint density at radius 1 is 1.10 bits per heavy atom. The fourth-order valence-corrected chi connectivity index (χ4v) is 4.55. The van der Waals surface area contributed by atoms with Crippen LogP contribution in [0.25, 0.3) is 0 Å². The number of carbonyl (C=O) groups excluding carboxylic acids is 2. The Morgan fingerprint density at radius 3 is 2.38 bits per heavy atom. The fraction of sp³-hybridized carbons (Fsp3) is 0.762. The summed E-state index contributed by atoms with van der Waals surface area (Å²) in [6.45, 7) is 8.96. The summed E-state index contributed by atoms with van der Waals surface area (Å²) in [5, 5.41) is 4.38. The molecule has 2 aliphatic heterocycles. The van der Waals surface area contributed by atoms with E-state index in [2.05, 4.69) is 10.00 Å². The molecule has 3 amide bonds. The highest BCUT2D eigenvalue weighted by atomic mass is 16.2. The monoisotopic (exact) mass is 404 g/mol. The van der Waals surface area contributed by atoms with Crippen LogP contribution in [0, 0.1) is 13.8 Å². The number of hydrogen-bond donors (Lipinski definition) is 0. The van der Waals surface area contributed by atoms with E-state index in [4.69, 9.17) is 0 Å². The molecule has 0 aromatic carbocycles. The van der Waals surface area contributed by atoms with Gasteiger partial charge in [0.1, 0.15) is 0 Å². The van der Waals surface area contributed by atoms with Gasteiger partial charge in [0.2, 0.25) is 0 Å². The Labute approximate surface area is 174 Å². The minimum Gasteiger partial charge on any atom is -0.336 e. The Kier molecular flexibility index (Phi) is 6.82. The Morgan fingerprint density at radius 2 is 1.79 bits per heavy atom. The highest BCUT2D eigenvalue weighted by Crippen LogP contribution is 2.22. The van der Waals surface area contributed by atoms with E-state index in [1.165, 1.54) is 19.3 Å². The van der Waals surface area contributed by atoms with E-state index >= 15 is 0 Å². The van der Waals surface area contributed by atoms with E-state index < -0.39 is 0 Å². The normalized spacial score (nSPS) is 20.2. The maximum Gasteiger partial charge on any atom is 0.319 e. The number of piperidine rings is 1. The first-order valence-corrected chi connectivity index (χ1v) is 10.8. The van der Waals surface area contributed by atoms with Gasteiger partial charge in [0.05, 0.1) is 17.3 Å². The third-order valence-electron chi connectivity index (χ3n) is 6.35. The van der Waals surface area contributed by atoms with E-state index in [1.807, 2.05) is 30.7 Å². The standard InChI is InChI=1S/C21H36N6O2/c1-16-19(17(2)24(5)22-16)20(28)26-12-9-18(15-26)27(21(29)23(3)4)14-13-25-10-7-6-8-11-25/h18H,6-15H2,1-5H3. The number of amides is 3. The molecule has 3 heterocycles. The molecule has 8 heteroatoms. The second kappa shape index (κ2) is 9.15. The molecular weight excluding hydrogens is 368 g/mol. The van der Waals surface area contributed by atoms with Gasteiger partial charge in [-0.15, -0.1) is 0 Å². The molecule has 3 rings (SSSR count). The third-order valence-corrected chi connectivity index (χ3v) is 6.35. The molecule has 2 fully saturated rings. The smallest absolute Gasteiger partial charge is 0.319 e. The summed E-state index contributed by atoms with van der Waals surface area (Å²) in [4.78, 5) is 34.0. The molecule has 0 spiro atoms. The molecule has 0 aliphatic carbocycles. The fourth-order valence-electron chi connectivity index (χ4n) is 4.55. The van der Waals surface area contributed by atoms with Crippen molar-refractivity contribution in [3.8, 4) is 0 Å². The summed E-state index contributed by atoms with van der Waals surface area (Å²) in [6, 6.07) is 0.103. The van der Waals surface area contributed by atoms with Crippen LogP contribution in [-0.4, -0.2) is 101 Å². The number of hydrogen-bond acceptors (Lipinski definition) is 4. The van der Waals surface area contributed by atoms with Crippen molar-refractivity contribution in [2.24, 2.45) is 7.05 Å². The first-order chi connectivity index (χ1) is 13.8.